The molecule has 0 radical (unpaired) electrons. The normalized spacial score (nSPS) is 11.8. The minimum absolute atomic E-state index is 0.747. The molecule has 0 atom stereocenters. The van der Waals surface area contributed by atoms with Crippen LogP contribution in [0.2, 0.25) is 0 Å². The lowest BCUT2D eigenvalue weighted by atomic mass is 9.85. The third-order valence-corrected chi connectivity index (χ3v) is 3.91. The third-order valence-electron chi connectivity index (χ3n) is 3.91. The van der Waals surface area contributed by atoms with E-state index in [0.29, 0.717) is 0 Å². The quantitative estimate of drug-likeness (QED) is 0.789. The average molecular weight is 247 g/mol. The Balaban J connectivity index is 2.50. The fourth-order valence-corrected chi connectivity index (χ4v) is 2.66. The zero-order chi connectivity index (χ0) is 13.7. The Morgan fingerprint density at radius 2 is 1.61 bits per heavy atom. The van der Waals surface area contributed by atoms with Gasteiger partial charge in [0.1, 0.15) is 0 Å². The molecule has 1 rings (SSSR count). The lowest BCUT2D eigenvalue weighted by molar-refractivity contribution is 0.275. The molecule has 0 bridgehead atoms. The third kappa shape index (κ3) is 4.45. The summed E-state index contributed by atoms with van der Waals surface area (Å²) in [4.78, 5) is 0. The highest BCUT2D eigenvalue weighted by atomic mass is 14.9. The molecular weight excluding hydrogens is 218 g/mol. The van der Waals surface area contributed by atoms with Crippen molar-refractivity contribution in [3.63, 3.8) is 0 Å². The van der Waals surface area contributed by atoms with E-state index in [4.69, 9.17) is 0 Å². The van der Waals surface area contributed by atoms with Crippen LogP contribution in [0.3, 0.4) is 0 Å². The smallest absolute Gasteiger partial charge is 0.0208 e. The summed E-state index contributed by atoms with van der Waals surface area (Å²) in [5.41, 5.74) is 4.17. The van der Waals surface area contributed by atoms with Crippen LogP contribution in [0.15, 0.2) is 18.2 Å². The van der Waals surface area contributed by atoms with Gasteiger partial charge in [-0.05, 0) is 49.3 Å². The summed E-state index contributed by atoms with van der Waals surface area (Å²) in [6.07, 6.45) is 0. The highest BCUT2D eigenvalue weighted by Crippen LogP contribution is 2.19. The van der Waals surface area contributed by atoms with Crippen molar-refractivity contribution in [3.8, 4) is 0 Å². The first-order valence-corrected chi connectivity index (χ1v) is 7.18. The second-order valence-corrected chi connectivity index (χ2v) is 6.21. The predicted molar refractivity (Wildman–Crippen MR) is 80.8 cm³/mol. The molecule has 0 amide bonds. The van der Waals surface area contributed by atoms with E-state index in [9.17, 15) is 0 Å². The Morgan fingerprint density at radius 1 is 1.00 bits per heavy atom. The largest absolute Gasteiger partial charge is 0.312 e. The van der Waals surface area contributed by atoms with Gasteiger partial charge in [0.2, 0.25) is 0 Å². The second kappa shape index (κ2) is 6.94. The van der Waals surface area contributed by atoms with Gasteiger partial charge in [0, 0.05) is 6.54 Å². The van der Waals surface area contributed by atoms with Gasteiger partial charge in [-0.1, -0.05) is 51.5 Å². The summed E-state index contributed by atoms with van der Waals surface area (Å²) in [5.74, 6) is 2.25. The lowest BCUT2D eigenvalue weighted by Gasteiger charge is -2.25. The molecule has 18 heavy (non-hydrogen) atoms. The van der Waals surface area contributed by atoms with Crippen LogP contribution in [-0.2, 0) is 6.54 Å². The molecule has 0 spiro atoms. The Kier molecular flexibility index (Phi) is 5.87. The summed E-state index contributed by atoms with van der Waals surface area (Å²) in [5, 5.41) is 3.62. The molecule has 102 valence electrons. The van der Waals surface area contributed by atoms with Gasteiger partial charge in [0.05, 0.1) is 0 Å². The number of aryl methyl sites for hydroxylation is 2. The van der Waals surface area contributed by atoms with E-state index >= 15 is 0 Å². The van der Waals surface area contributed by atoms with Crippen LogP contribution >= 0.6 is 0 Å². The van der Waals surface area contributed by atoms with E-state index in [1.165, 1.54) is 16.7 Å². The highest BCUT2D eigenvalue weighted by molar-refractivity contribution is 5.30. The maximum atomic E-state index is 3.62. The lowest BCUT2D eigenvalue weighted by Crippen LogP contribution is -2.29. The maximum Gasteiger partial charge on any atom is 0.0208 e. The first-order valence-electron chi connectivity index (χ1n) is 7.18. The van der Waals surface area contributed by atoms with Gasteiger partial charge in [-0.15, -0.1) is 0 Å². The van der Waals surface area contributed by atoms with Gasteiger partial charge in [0.25, 0.3) is 0 Å². The number of hydrogen-bond acceptors (Lipinski definition) is 1. The molecule has 0 aliphatic rings. The van der Waals surface area contributed by atoms with Crippen molar-refractivity contribution in [2.75, 3.05) is 6.54 Å². The average Bonchev–Trinajstić information content (AvgIpc) is 2.25. The number of nitrogens with one attached hydrogen (secondary N) is 1. The van der Waals surface area contributed by atoms with Crippen LogP contribution in [0.25, 0.3) is 0 Å². The van der Waals surface area contributed by atoms with Crippen LogP contribution in [0.5, 0.6) is 0 Å². The Morgan fingerprint density at radius 3 is 2.11 bits per heavy atom. The molecule has 0 heterocycles. The second-order valence-electron chi connectivity index (χ2n) is 6.21. The zero-order valence-corrected chi connectivity index (χ0v) is 12.9. The van der Waals surface area contributed by atoms with Crippen LogP contribution in [0.4, 0.5) is 0 Å². The van der Waals surface area contributed by atoms with E-state index in [2.05, 4.69) is 65.1 Å². The molecule has 0 aliphatic heterocycles. The zero-order valence-electron chi connectivity index (χ0n) is 12.9. The molecule has 0 unspecified atom stereocenters. The number of hydrogen-bond donors (Lipinski definition) is 1. The topological polar surface area (TPSA) is 12.0 Å². The summed E-state index contributed by atoms with van der Waals surface area (Å²) in [6, 6.07) is 6.71. The molecule has 0 aliphatic carbocycles. The molecule has 1 N–H and O–H groups in total. The van der Waals surface area contributed by atoms with Crippen LogP contribution in [0, 0.1) is 31.6 Å². The summed E-state index contributed by atoms with van der Waals surface area (Å²) in [7, 11) is 0. The fraction of sp³-hybridized carbons (Fsp3) is 0.647. The van der Waals surface area contributed by atoms with E-state index in [1.54, 1.807) is 0 Å². The summed E-state index contributed by atoms with van der Waals surface area (Å²) < 4.78 is 0. The van der Waals surface area contributed by atoms with Crippen LogP contribution < -0.4 is 5.32 Å². The van der Waals surface area contributed by atoms with Gasteiger partial charge in [0.15, 0.2) is 0 Å². The van der Waals surface area contributed by atoms with Crippen molar-refractivity contribution < 1.29 is 0 Å². The Bertz CT molecular complexity index is 358. The molecule has 0 saturated carbocycles. The minimum Gasteiger partial charge on any atom is -0.312 e. The van der Waals surface area contributed by atoms with E-state index in [1.807, 2.05) is 0 Å². The monoisotopic (exact) mass is 247 g/mol. The predicted octanol–water partition coefficient (Wildman–Crippen LogP) is 4.32. The van der Waals surface area contributed by atoms with Gasteiger partial charge in [-0.3, -0.25) is 0 Å². The highest BCUT2D eigenvalue weighted by Gasteiger charge is 2.16. The molecule has 1 aromatic carbocycles. The first kappa shape index (κ1) is 15.2. The molecule has 0 saturated heterocycles. The van der Waals surface area contributed by atoms with Crippen molar-refractivity contribution in [3.05, 3.63) is 34.9 Å². The molecular formula is C17H29N. The molecule has 1 nitrogen and oxygen atoms in total. The Hall–Kier alpha value is -0.820. The van der Waals surface area contributed by atoms with Crippen LogP contribution in [-0.4, -0.2) is 6.54 Å². The molecule has 0 aromatic heterocycles. The first-order chi connectivity index (χ1) is 8.41. The van der Waals surface area contributed by atoms with E-state index < -0.39 is 0 Å². The van der Waals surface area contributed by atoms with E-state index in [-0.39, 0.29) is 0 Å². The van der Waals surface area contributed by atoms with Gasteiger partial charge in [-0.2, -0.15) is 0 Å². The van der Waals surface area contributed by atoms with E-state index in [0.717, 1.165) is 30.8 Å². The summed E-state index contributed by atoms with van der Waals surface area (Å²) >= 11 is 0. The van der Waals surface area contributed by atoms with Gasteiger partial charge < -0.3 is 5.32 Å². The minimum atomic E-state index is 0.747. The molecule has 1 aromatic rings. The van der Waals surface area contributed by atoms with Crippen molar-refractivity contribution in [1.29, 1.82) is 0 Å². The SMILES string of the molecule is Cc1ccc(CNCC(C(C)C)C(C)C)c(C)c1. The molecule has 1 heteroatoms. The Labute approximate surface area is 113 Å². The van der Waals surface area contributed by atoms with Gasteiger partial charge >= 0.3 is 0 Å². The maximum absolute atomic E-state index is 3.62. The number of rotatable bonds is 6. The van der Waals surface area contributed by atoms with Crippen molar-refractivity contribution in [2.24, 2.45) is 17.8 Å². The number of benzene rings is 1. The van der Waals surface area contributed by atoms with Gasteiger partial charge in [-0.25, -0.2) is 0 Å². The fourth-order valence-electron chi connectivity index (χ4n) is 2.66. The van der Waals surface area contributed by atoms with Crippen molar-refractivity contribution in [2.45, 2.75) is 48.1 Å². The standard InChI is InChI=1S/C17H29N/c1-12(2)17(13(3)4)11-18-10-16-8-7-14(5)9-15(16)6/h7-9,12-13,17-18H,10-11H2,1-6H3. The summed E-state index contributed by atoms with van der Waals surface area (Å²) in [6.45, 7) is 15.7. The molecule has 0 fully saturated rings. The van der Waals surface area contributed by atoms with Crippen molar-refractivity contribution in [1.82, 2.24) is 5.32 Å². The van der Waals surface area contributed by atoms with Crippen LogP contribution in [0.1, 0.15) is 44.4 Å². The van der Waals surface area contributed by atoms with Crippen molar-refractivity contribution >= 4 is 0 Å².